The third-order valence-electron chi connectivity index (χ3n) is 4.36. The lowest BCUT2D eigenvalue weighted by atomic mass is 10.2. The molecule has 0 spiro atoms. The average molecular weight is 431 g/mol. The Balaban J connectivity index is 1.49. The second-order valence-electron chi connectivity index (χ2n) is 6.70. The Bertz CT molecular complexity index is 1130. The molecule has 0 amide bonds. The summed E-state index contributed by atoms with van der Waals surface area (Å²) in [6.07, 6.45) is 1.69. The highest BCUT2D eigenvalue weighted by molar-refractivity contribution is 7.14. The number of thiazole rings is 1. The van der Waals surface area contributed by atoms with Gasteiger partial charge in [0.1, 0.15) is 30.5 Å². The van der Waals surface area contributed by atoms with Crippen LogP contribution in [-0.2, 0) is 13.2 Å². The van der Waals surface area contributed by atoms with Crippen molar-refractivity contribution in [1.82, 2.24) is 4.98 Å². The molecule has 0 unspecified atom stereocenters. The number of nitrogen functional groups attached to an aromatic ring is 1. The molecular formula is C24H22N4O2S. The highest BCUT2D eigenvalue weighted by Crippen LogP contribution is 2.26. The van der Waals surface area contributed by atoms with Gasteiger partial charge in [-0.1, -0.05) is 60.7 Å². The van der Waals surface area contributed by atoms with Gasteiger partial charge in [0.05, 0.1) is 6.21 Å². The maximum absolute atomic E-state index is 6.09. The predicted octanol–water partition coefficient (Wildman–Crippen LogP) is 5.33. The molecule has 0 aliphatic heterocycles. The van der Waals surface area contributed by atoms with Crippen LogP contribution >= 0.6 is 11.3 Å². The van der Waals surface area contributed by atoms with E-state index in [0.717, 1.165) is 22.4 Å². The summed E-state index contributed by atoms with van der Waals surface area (Å²) in [7, 11) is 0. The molecule has 0 bridgehead atoms. The number of anilines is 2. The summed E-state index contributed by atoms with van der Waals surface area (Å²) in [6.45, 7) is 0.930. The van der Waals surface area contributed by atoms with E-state index in [1.807, 2.05) is 78.9 Å². The van der Waals surface area contributed by atoms with Gasteiger partial charge >= 0.3 is 0 Å². The summed E-state index contributed by atoms with van der Waals surface area (Å²) in [5.74, 6) is 1.87. The van der Waals surface area contributed by atoms with E-state index in [2.05, 4.69) is 15.5 Å². The quantitative estimate of drug-likeness (QED) is 0.277. The lowest BCUT2D eigenvalue weighted by molar-refractivity contribution is 0.289. The Morgan fingerprint density at radius 3 is 2.23 bits per heavy atom. The Labute approximate surface area is 185 Å². The number of hydrogen-bond donors (Lipinski definition) is 2. The van der Waals surface area contributed by atoms with Crippen molar-refractivity contribution >= 4 is 28.5 Å². The first kappa shape index (κ1) is 20.4. The van der Waals surface area contributed by atoms with Gasteiger partial charge in [-0.2, -0.15) is 5.10 Å². The van der Waals surface area contributed by atoms with Crippen LogP contribution in [0, 0.1) is 0 Å². The third kappa shape index (κ3) is 6.07. The normalized spacial score (nSPS) is 10.8. The fourth-order valence-corrected chi connectivity index (χ4v) is 3.36. The van der Waals surface area contributed by atoms with Crippen molar-refractivity contribution in [3.8, 4) is 11.5 Å². The van der Waals surface area contributed by atoms with Gasteiger partial charge in [-0.05, 0) is 23.3 Å². The zero-order chi connectivity index (χ0) is 21.3. The highest BCUT2D eigenvalue weighted by Gasteiger charge is 2.07. The number of nitrogens with one attached hydrogen (secondary N) is 1. The summed E-state index contributed by atoms with van der Waals surface area (Å²) in [4.78, 5) is 4.13. The van der Waals surface area contributed by atoms with Gasteiger partial charge in [0.15, 0.2) is 0 Å². The Morgan fingerprint density at radius 2 is 1.58 bits per heavy atom. The molecular weight excluding hydrogens is 408 g/mol. The fourth-order valence-electron chi connectivity index (χ4n) is 2.81. The molecule has 0 saturated heterocycles. The summed E-state index contributed by atoms with van der Waals surface area (Å²) in [6, 6.07) is 25.8. The fraction of sp³-hybridized carbons (Fsp3) is 0.0833. The van der Waals surface area contributed by atoms with E-state index in [4.69, 9.17) is 15.2 Å². The molecule has 1 aromatic heterocycles. The van der Waals surface area contributed by atoms with Crippen LogP contribution in [0.5, 0.6) is 11.5 Å². The van der Waals surface area contributed by atoms with Crippen molar-refractivity contribution in [2.24, 2.45) is 5.10 Å². The monoisotopic (exact) mass is 430 g/mol. The molecule has 4 rings (SSSR count). The summed E-state index contributed by atoms with van der Waals surface area (Å²) in [5, 5.41) is 6.64. The Morgan fingerprint density at radius 1 is 0.903 bits per heavy atom. The predicted molar refractivity (Wildman–Crippen MR) is 126 cm³/mol. The molecule has 0 aliphatic carbocycles. The van der Waals surface area contributed by atoms with Crippen LogP contribution < -0.4 is 20.6 Å². The first-order valence-electron chi connectivity index (χ1n) is 9.74. The third-order valence-corrected chi connectivity index (χ3v) is 5.12. The van der Waals surface area contributed by atoms with Crippen molar-refractivity contribution < 1.29 is 9.47 Å². The van der Waals surface area contributed by atoms with Crippen LogP contribution in [0.15, 0.2) is 89.3 Å². The molecule has 31 heavy (non-hydrogen) atoms. The summed E-state index contributed by atoms with van der Waals surface area (Å²) in [5.41, 5.74) is 11.5. The van der Waals surface area contributed by atoms with Crippen molar-refractivity contribution in [1.29, 1.82) is 0 Å². The molecule has 0 fully saturated rings. The van der Waals surface area contributed by atoms with E-state index in [-0.39, 0.29) is 0 Å². The van der Waals surface area contributed by atoms with Gasteiger partial charge in [-0.25, -0.2) is 4.98 Å². The van der Waals surface area contributed by atoms with Gasteiger partial charge in [0.25, 0.3) is 0 Å². The van der Waals surface area contributed by atoms with Gasteiger partial charge < -0.3 is 15.2 Å². The molecule has 7 heteroatoms. The summed E-state index contributed by atoms with van der Waals surface area (Å²) < 4.78 is 12.0. The molecule has 156 valence electrons. The van der Waals surface area contributed by atoms with Crippen molar-refractivity contribution in [2.75, 3.05) is 11.2 Å². The minimum absolute atomic E-state index is 0.445. The van der Waals surface area contributed by atoms with E-state index in [9.17, 15) is 0 Å². The average Bonchev–Trinajstić information content (AvgIpc) is 3.23. The van der Waals surface area contributed by atoms with Crippen LogP contribution in [0.1, 0.15) is 16.7 Å². The second-order valence-corrected chi connectivity index (χ2v) is 7.55. The smallest absolute Gasteiger partial charge is 0.205 e. The molecule has 0 aliphatic rings. The maximum atomic E-state index is 6.09. The molecule has 4 aromatic rings. The van der Waals surface area contributed by atoms with Crippen LogP contribution in [0.25, 0.3) is 0 Å². The number of aromatic nitrogens is 1. The number of ether oxygens (including phenoxy) is 2. The van der Waals surface area contributed by atoms with Gasteiger partial charge in [-0.3, -0.25) is 5.43 Å². The van der Waals surface area contributed by atoms with E-state index in [1.54, 1.807) is 11.6 Å². The molecule has 6 nitrogen and oxygen atoms in total. The van der Waals surface area contributed by atoms with E-state index in [1.165, 1.54) is 11.3 Å². The van der Waals surface area contributed by atoms with Crippen molar-refractivity contribution in [3.63, 3.8) is 0 Å². The topological polar surface area (TPSA) is 81.8 Å². The minimum Gasteiger partial charge on any atom is -0.489 e. The van der Waals surface area contributed by atoms with Gasteiger partial charge in [0.2, 0.25) is 5.13 Å². The minimum atomic E-state index is 0.445. The van der Waals surface area contributed by atoms with E-state index < -0.39 is 0 Å². The second kappa shape index (κ2) is 10.3. The van der Waals surface area contributed by atoms with E-state index >= 15 is 0 Å². The number of nitrogens with zero attached hydrogens (tertiary/aromatic N) is 2. The van der Waals surface area contributed by atoms with Crippen LogP contribution in [0.3, 0.4) is 0 Å². The van der Waals surface area contributed by atoms with Gasteiger partial charge in [-0.15, -0.1) is 11.3 Å². The molecule has 0 atom stereocenters. The molecule has 0 saturated carbocycles. The van der Waals surface area contributed by atoms with Crippen LogP contribution in [0.2, 0.25) is 0 Å². The van der Waals surface area contributed by atoms with Crippen molar-refractivity contribution in [2.45, 2.75) is 13.2 Å². The summed E-state index contributed by atoms with van der Waals surface area (Å²) >= 11 is 1.39. The van der Waals surface area contributed by atoms with Gasteiger partial charge in [0, 0.05) is 17.0 Å². The number of hydrazone groups is 1. The molecule has 1 heterocycles. The molecule has 3 N–H and O–H groups in total. The van der Waals surface area contributed by atoms with Crippen LogP contribution in [0.4, 0.5) is 10.9 Å². The lowest BCUT2D eigenvalue weighted by Gasteiger charge is -2.12. The highest BCUT2D eigenvalue weighted by atomic mass is 32.1. The largest absolute Gasteiger partial charge is 0.489 e. The Kier molecular flexibility index (Phi) is 6.77. The zero-order valence-electron chi connectivity index (χ0n) is 16.8. The first-order chi connectivity index (χ1) is 15.3. The lowest BCUT2D eigenvalue weighted by Crippen LogP contribution is -2.01. The SMILES string of the molecule is Nc1csc(NN=Cc2ccc(OCc3ccccc3)cc2OCc2ccccc2)n1. The molecule has 0 radical (unpaired) electrons. The standard InChI is InChI=1S/C24H22N4O2S/c25-23-17-31-24(27-23)28-26-14-20-11-12-21(29-15-18-7-3-1-4-8-18)13-22(20)30-16-19-9-5-2-6-10-19/h1-14,17H,15-16,25H2,(H,27,28). The number of benzene rings is 3. The van der Waals surface area contributed by atoms with E-state index in [0.29, 0.717) is 29.9 Å². The zero-order valence-corrected chi connectivity index (χ0v) is 17.6. The number of rotatable bonds is 9. The van der Waals surface area contributed by atoms with Crippen molar-refractivity contribution in [3.05, 3.63) is 101 Å². The Hall–Kier alpha value is -3.84. The number of nitrogens with two attached hydrogens (primary N) is 1. The first-order valence-corrected chi connectivity index (χ1v) is 10.6. The number of hydrogen-bond acceptors (Lipinski definition) is 7. The molecule has 3 aromatic carbocycles. The van der Waals surface area contributed by atoms with Crippen LogP contribution in [-0.4, -0.2) is 11.2 Å². The maximum Gasteiger partial charge on any atom is 0.205 e.